The number of quaternary nitrogens is 1. The third-order valence-corrected chi connectivity index (χ3v) is 3.64. The molecule has 1 aliphatic rings. The average molecular weight is 342 g/mol. The molecule has 3 heteroatoms. The van der Waals surface area contributed by atoms with Crippen LogP contribution in [-0.4, -0.2) is 37.3 Å². The molecular weight excluding hydrogens is 325 g/mol. The molecule has 0 N–H and O–H groups in total. The second-order valence-corrected chi connectivity index (χ2v) is 5.01. The third-order valence-electron chi connectivity index (χ3n) is 3.26. The van der Waals surface area contributed by atoms with E-state index in [4.69, 9.17) is 4.74 Å². The van der Waals surface area contributed by atoms with E-state index < -0.39 is 0 Å². The Morgan fingerprint density at radius 2 is 1.88 bits per heavy atom. The number of halogens is 1. The molecule has 0 saturated carbocycles. The highest BCUT2D eigenvalue weighted by Gasteiger charge is 2.29. The molecule has 0 amide bonds. The van der Waals surface area contributed by atoms with E-state index >= 15 is 0 Å². The van der Waals surface area contributed by atoms with E-state index in [2.05, 4.69) is 62.8 Å². The van der Waals surface area contributed by atoms with Crippen LogP contribution in [0.5, 0.6) is 0 Å². The van der Waals surface area contributed by atoms with Crippen LogP contribution in [0, 0.1) is 9.85 Å². The summed E-state index contributed by atoms with van der Waals surface area (Å²) in [7, 11) is 0. The van der Waals surface area contributed by atoms with Crippen molar-refractivity contribution in [2.75, 3.05) is 32.8 Å². The van der Waals surface area contributed by atoms with E-state index in [0.29, 0.717) is 0 Å². The first-order valence-corrected chi connectivity index (χ1v) is 6.98. The lowest BCUT2D eigenvalue weighted by atomic mass is 10.1. The molecule has 0 unspecified atom stereocenters. The van der Waals surface area contributed by atoms with Crippen LogP contribution in [-0.2, 0) is 11.3 Å². The molecule has 1 aromatic carbocycles. The molecule has 2 rings (SSSR count). The number of nitrogens with zero attached hydrogens (tertiary/aromatic N) is 1. The number of benzene rings is 1. The SMILES string of the molecule is IC#CC[N+]1(Cc2ccccc2)CCOCC1. The lowest BCUT2D eigenvalue weighted by molar-refractivity contribution is -0.941. The van der Waals surface area contributed by atoms with E-state index in [1.807, 2.05) is 0 Å². The number of rotatable bonds is 3. The normalized spacial score (nSPS) is 18.2. The van der Waals surface area contributed by atoms with Crippen LogP contribution in [0.3, 0.4) is 0 Å². The van der Waals surface area contributed by atoms with Gasteiger partial charge in [0.2, 0.25) is 0 Å². The minimum absolute atomic E-state index is 0.857. The molecule has 0 atom stereocenters. The maximum Gasteiger partial charge on any atom is 0.142 e. The Labute approximate surface area is 117 Å². The van der Waals surface area contributed by atoms with Crippen LogP contribution in [0.2, 0.25) is 0 Å². The molecule has 0 aliphatic carbocycles. The molecule has 0 bridgehead atoms. The quantitative estimate of drug-likeness (QED) is 0.466. The van der Waals surface area contributed by atoms with Gasteiger partial charge in [-0.3, -0.25) is 0 Å². The van der Waals surface area contributed by atoms with Gasteiger partial charge in [0.05, 0.1) is 13.2 Å². The van der Waals surface area contributed by atoms with Gasteiger partial charge in [-0.2, -0.15) is 0 Å². The second-order valence-electron chi connectivity index (χ2n) is 4.47. The van der Waals surface area contributed by atoms with Crippen LogP contribution < -0.4 is 0 Å². The highest BCUT2D eigenvalue weighted by molar-refractivity contribution is 14.1. The average Bonchev–Trinajstić information content (AvgIpc) is 2.39. The van der Waals surface area contributed by atoms with Crippen molar-refractivity contribution in [3.63, 3.8) is 0 Å². The fraction of sp³-hybridized carbons (Fsp3) is 0.429. The minimum atomic E-state index is 0.857. The van der Waals surface area contributed by atoms with Crippen molar-refractivity contribution in [1.82, 2.24) is 0 Å². The molecule has 1 aliphatic heterocycles. The molecule has 1 fully saturated rings. The minimum Gasteiger partial charge on any atom is -0.370 e. The number of hydrogen-bond donors (Lipinski definition) is 0. The Hall–Kier alpha value is -0.570. The van der Waals surface area contributed by atoms with Crippen molar-refractivity contribution >= 4 is 22.6 Å². The predicted octanol–water partition coefficient (Wildman–Crippen LogP) is 2.43. The first-order chi connectivity index (χ1) is 8.35. The third kappa shape index (κ3) is 3.70. The monoisotopic (exact) mass is 342 g/mol. The van der Waals surface area contributed by atoms with Gasteiger partial charge in [0.1, 0.15) is 26.2 Å². The number of hydrogen-bond acceptors (Lipinski definition) is 1. The van der Waals surface area contributed by atoms with Gasteiger partial charge in [0.15, 0.2) is 0 Å². The molecule has 1 aromatic rings. The van der Waals surface area contributed by atoms with Crippen LogP contribution in [0.4, 0.5) is 0 Å². The Balaban J connectivity index is 2.11. The van der Waals surface area contributed by atoms with Gasteiger partial charge >= 0.3 is 0 Å². The molecule has 2 nitrogen and oxygen atoms in total. The highest BCUT2D eigenvalue weighted by Crippen LogP contribution is 2.17. The number of morpholine rings is 1. The summed E-state index contributed by atoms with van der Waals surface area (Å²) in [6.45, 7) is 5.85. The zero-order chi connectivity index (χ0) is 12.0. The zero-order valence-electron chi connectivity index (χ0n) is 9.86. The molecule has 1 heterocycles. The summed E-state index contributed by atoms with van der Waals surface area (Å²) in [5.41, 5.74) is 1.39. The van der Waals surface area contributed by atoms with Crippen LogP contribution in [0.25, 0.3) is 0 Å². The van der Waals surface area contributed by atoms with E-state index in [1.165, 1.54) is 5.56 Å². The fourth-order valence-electron chi connectivity index (χ4n) is 2.27. The van der Waals surface area contributed by atoms with E-state index in [-0.39, 0.29) is 0 Å². The Morgan fingerprint density at radius 3 is 2.53 bits per heavy atom. The topological polar surface area (TPSA) is 9.23 Å². The maximum absolute atomic E-state index is 5.48. The summed E-state index contributed by atoms with van der Waals surface area (Å²) in [5, 5.41) is 0. The first kappa shape index (κ1) is 12.9. The Kier molecular flexibility index (Phi) is 4.84. The largest absolute Gasteiger partial charge is 0.370 e. The summed E-state index contributed by atoms with van der Waals surface area (Å²) in [6, 6.07) is 10.7. The van der Waals surface area contributed by atoms with E-state index in [9.17, 15) is 0 Å². The van der Waals surface area contributed by atoms with Gasteiger partial charge in [-0.1, -0.05) is 30.3 Å². The lowest BCUT2D eigenvalue weighted by Crippen LogP contribution is -2.54. The molecule has 0 spiro atoms. The lowest BCUT2D eigenvalue weighted by Gasteiger charge is -2.39. The van der Waals surface area contributed by atoms with Gasteiger partial charge in [-0.15, -0.1) is 0 Å². The molecule has 17 heavy (non-hydrogen) atoms. The van der Waals surface area contributed by atoms with Crippen molar-refractivity contribution in [3.05, 3.63) is 35.9 Å². The smallest absolute Gasteiger partial charge is 0.142 e. The molecule has 1 saturated heterocycles. The van der Waals surface area contributed by atoms with Crippen LogP contribution in [0.1, 0.15) is 5.56 Å². The van der Waals surface area contributed by atoms with Crippen molar-refractivity contribution in [3.8, 4) is 9.85 Å². The van der Waals surface area contributed by atoms with E-state index in [0.717, 1.165) is 43.9 Å². The Morgan fingerprint density at radius 1 is 1.18 bits per heavy atom. The molecule has 0 aromatic heterocycles. The Bertz CT molecular complexity index is 401. The maximum atomic E-state index is 5.48. The fourth-order valence-corrected chi connectivity index (χ4v) is 2.44. The van der Waals surface area contributed by atoms with Gasteiger partial charge in [0, 0.05) is 28.2 Å². The molecule has 0 radical (unpaired) electrons. The highest BCUT2D eigenvalue weighted by atomic mass is 127. The molecular formula is C14H17INO+. The van der Waals surface area contributed by atoms with Crippen LogP contribution in [0.15, 0.2) is 30.3 Å². The zero-order valence-corrected chi connectivity index (χ0v) is 12.0. The summed E-state index contributed by atoms with van der Waals surface area (Å²) in [4.78, 5) is 0. The predicted molar refractivity (Wildman–Crippen MR) is 77.6 cm³/mol. The van der Waals surface area contributed by atoms with Gasteiger partial charge in [-0.05, 0) is 9.85 Å². The standard InChI is InChI=1S/C14H17INO/c15-7-4-8-16(9-11-17-12-10-16)13-14-5-2-1-3-6-14/h1-3,5-6H,8-13H2/q+1. The van der Waals surface area contributed by atoms with E-state index in [1.54, 1.807) is 0 Å². The summed E-state index contributed by atoms with van der Waals surface area (Å²) >= 11 is 2.12. The van der Waals surface area contributed by atoms with Crippen molar-refractivity contribution in [2.24, 2.45) is 0 Å². The van der Waals surface area contributed by atoms with Crippen molar-refractivity contribution in [1.29, 1.82) is 0 Å². The first-order valence-electron chi connectivity index (χ1n) is 5.90. The van der Waals surface area contributed by atoms with Crippen molar-refractivity contribution in [2.45, 2.75) is 6.54 Å². The van der Waals surface area contributed by atoms with Gasteiger partial charge < -0.3 is 9.22 Å². The van der Waals surface area contributed by atoms with Crippen molar-refractivity contribution < 1.29 is 9.22 Å². The molecule has 90 valence electrons. The summed E-state index contributed by atoms with van der Waals surface area (Å²) in [6.07, 6.45) is 0. The van der Waals surface area contributed by atoms with Crippen LogP contribution >= 0.6 is 22.6 Å². The summed E-state index contributed by atoms with van der Waals surface area (Å²) in [5.74, 6) is 3.23. The number of ether oxygens (including phenoxy) is 1. The summed E-state index contributed by atoms with van der Waals surface area (Å²) < 4.78 is 9.51. The van der Waals surface area contributed by atoms with Gasteiger partial charge in [-0.25, -0.2) is 0 Å². The van der Waals surface area contributed by atoms with Gasteiger partial charge in [0.25, 0.3) is 0 Å². The second kappa shape index (κ2) is 6.39.